The van der Waals surface area contributed by atoms with Crippen molar-refractivity contribution >= 4 is 0 Å². The highest BCUT2D eigenvalue weighted by Gasteiger charge is 2.26. The highest BCUT2D eigenvalue weighted by atomic mass is 16.6. The molecule has 0 N–H and O–H groups in total. The molecule has 0 aliphatic rings. The van der Waals surface area contributed by atoms with E-state index in [0.29, 0.717) is 26.4 Å². The van der Waals surface area contributed by atoms with Crippen molar-refractivity contribution in [3.63, 3.8) is 0 Å². The van der Waals surface area contributed by atoms with E-state index in [1.807, 2.05) is 36.4 Å². The molecule has 2 atom stereocenters. The second-order valence-electron chi connectivity index (χ2n) is 5.39. The Bertz CT molecular complexity index is 493. The van der Waals surface area contributed by atoms with E-state index >= 15 is 0 Å². The third kappa shape index (κ3) is 5.73. The SMILES string of the molecule is COCCO[C@H](c1ccccc1)[C@H](OCCOC)c1ccccc1. The molecule has 0 heterocycles. The van der Waals surface area contributed by atoms with Crippen molar-refractivity contribution in [3.8, 4) is 0 Å². The molecule has 0 aliphatic carbocycles. The van der Waals surface area contributed by atoms with E-state index in [9.17, 15) is 0 Å². The fourth-order valence-corrected chi connectivity index (χ4v) is 2.52. The molecule has 0 saturated heterocycles. The van der Waals surface area contributed by atoms with Gasteiger partial charge in [-0.1, -0.05) is 60.7 Å². The predicted octanol–water partition coefficient (Wildman–Crippen LogP) is 3.80. The molecule has 2 aromatic carbocycles. The van der Waals surface area contributed by atoms with Crippen molar-refractivity contribution in [2.75, 3.05) is 40.6 Å². The summed E-state index contributed by atoms with van der Waals surface area (Å²) < 4.78 is 22.5. The van der Waals surface area contributed by atoms with Crippen molar-refractivity contribution in [1.82, 2.24) is 0 Å². The average Bonchev–Trinajstić information content (AvgIpc) is 2.65. The van der Waals surface area contributed by atoms with Gasteiger partial charge in [0.05, 0.1) is 26.4 Å². The van der Waals surface area contributed by atoms with Crippen LogP contribution in [0.15, 0.2) is 60.7 Å². The van der Waals surface area contributed by atoms with Crippen LogP contribution in [-0.2, 0) is 18.9 Å². The van der Waals surface area contributed by atoms with Crippen molar-refractivity contribution < 1.29 is 18.9 Å². The van der Waals surface area contributed by atoms with Crippen LogP contribution in [0.3, 0.4) is 0 Å². The van der Waals surface area contributed by atoms with Gasteiger partial charge in [-0.05, 0) is 11.1 Å². The molecule has 0 fully saturated rings. The molecular formula is C20H26O4. The lowest BCUT2D eigenvalue weighted by atomic mass is 9.98. The van der Waals surface area contributed by atoms with E-state index in [4.69, 9.17) is 18.9 Å². The number of ether oxygens (including phenoxy) is 4. The minimum Gasteiger partial charge on any atom is -0.382 e. The van der Waals surface area contributed by atoms with Crippen molar-refractivity contribution in [1.29, 1.82) is 0 Å². The lowest BCUT2D eigenvalue weighted by Gasteiger charge is -2.28. The van der Waals surface area contributed by atoms with Gasteiger partial charge in [-0.15, -0.1) is 0 Å². The maximum Gasteiger partial charge on any atom is 0.113 e. The van der Waals surface area contributed by atoms with Gasteiger partial charge in [0.1, 0.15) is 12.2 Å². The molecule has 0 aliphatic heterocycles. The number of benzene rings is 2. The van der Waals surface area contributed by atoms with E-state index in [-0.39, 0.29) is 12.2 Å². The lowest BCUT2D eigenvalue weighted by Crippen LogP contribution is -2.21. The second kappa shape index (κ2) is 10.9. The van der Waals surface area contributed by atoms with E-state index in [0.717, 1.165) is 11.1 Å². The highest BCUT2D eigenvalue weighted by Crippen LogP contribution is 2.35. The molecule has 4 nitrogen and oxygen atoms in total. The molecule has 24 heavy (non-hydrogen) atoms. The minimum atomic E-state index is -0.208. The van der Waals surface area contributed by atoms with E-state index < -0.39 is 0 Å². The third-order valence-electron chi connectivity index (χ3n) is 3.70. The van der Waals surface area contributed by atoms with Crippen molar-refractivity contribution in [3.05, 3.63) is 71.8 Å². The summed E-state index contributed by atoms with van der Waals surface area (Å²) in [5.74, 6) is 0. The van der Waals surface area contributed by atoms with Gasteiger partial charge >= 0.3 is 0 Å². The van der Waals surface area contributed by atoms with Gasteiger partial charge in [-0.25, -0.2) is 0 Å². The van der Waals surface area contributed by atoms with Crippen LogP contribution >= 0.6 is 0 Å². The monoisotopic (exact) mass is 330 g/mol. The molecular weight excluding hydrogens is 304 g/mol. The number of methoxy groups -OCH3 is 2. The number of rotatable bonds is 11. The maximum atomic E-state index is 6.13. The van der Waals surface area contributed by atoms with Crippen molar-refractivity contribution in [2.45, 2.75) is 12.2 Å². The van der Waals surface area contributed by atoms with Gasteiger partial charge in [0.15, 0.2) is 0 Å². The first-order valence-corrected chi connectivity index (χ1v) is 8.17. The highest BCUT2D eigenvalue weighted by molar-refractivity contribution is 5.25. The predicted molar refractivity (Wildman–Crippen MR) is 94.0 cm³/mol. The molecule has 0 amide bonds. The fourth-order valence-electron chi connectivity index (χ4n) is 2.52. The van der Waals surface area contributed by atoms with E-state index in [1.54, 1.807) is 14.2 Å². The first-order valence-electron chi connectivity index (χ1n) is 8.17. The Balaban J connectivity index is 2.24. The van der Waals surface area contributed by atoms with Crippen LogP contribution in [-0.4, -0.2) is 40.6 Å². The van der Waals surface area contributed by atoms with Gasteiger partial charge in [-0.2, -0.15) is 0 Å². The van der Waals surface area contributed by atoms with Crippen LogP contribution < -0.4 is 0 Å². The Morgan fingerprint density at radius 2 is 0.958 bits per heavy atom. The minimum absolute atomic E-state index is 0.208. The van der Waals surface area contributed by atoms with Gasteiger partial charge in [0.2, 0.25) is 0 Å². The largest absolute Gasteiger partial charge is 0.382 e. The summed E-state index contributed by atoms with van der Waals surface area (Å²) in [6.07, 6.45) is -0.416. The van der Waals surface area contributed by atoms with Crippen molar-refractivity contribution in [2.24, 2.45) is 0 Å². The van der Waals surface area contributed by atoms with E-state index in [2.05, 4.69) is 24.3 Å². The van der Waals surface area contributed by atoms with E-state index in [1.165, 1.54) is 0 Å². The summed E-state index contributed by atoms with van der Waals surface area (Å²) in [5, 5.41) is 0. The van der Waals surface area contributed by atoms with Crippen LogP contribution in [0, 0.1) is 0 Å². The van der Waals surface area contributed by atoms with Crippen LogP contribution in [0.5, 0.6) is 0 Å². The molecule has 0 aromatic heterocycles. The zero-order valence-corrected chi connectivity index (χ0v) is 14.4. The average molecular weight is 330 g/mol. The Morgan fingerprint density at radius 3 is 1.29 bits per heavy atom. The molecule has 4 heteroatoms. The normalized spacial score (nSPS) is 13.6. The summed E-state index contributed by atoms with van der Waals surface area (Å²) in [4.78, 5) is 0. The Kier molecular flexibility index (Phi) is 8.49. The topological polar surface area (TPSA) is 36.9 Å². The molecule has 2 aromatic rings. The molecule has 0 bridgehead atoms. The first kappa shape index (κ1) is 18.6. The van der Waals surface area contributed by atoms with Gasteiger partial charge in [0.25, 0.3) is 0 Å². The van der Waals surface area contributed by atoms with Crippen LogP contribution in [0.25, 0.3) is 0 Å². The molecule has 0 saturated carbocycles. The second-order valence-corrected chi connectivity index (χ2v) is 5.39. The molecule has 0 radical (unpaired) electrons. The Labute approximate surface area is 144 Å². The van der Waals surface area contributed by atoms with Crippen LogP contribution in [0.1, 0.15) is 23.3 Å². The van der Waals surface area contributed by atoms with Crippen LogP contribution in [0.4, 0.5) is 0 Å². The molecule has 130 valence electrons. The molecule has 0 spiro atoms. The smallest absolute Gasteiger partial charge is 0.113 e. The van der Waals surface area contributed by atoms with Gasteiger partial charge < -0.3 is 18.9 Å². The maximum absolute atomic E-state index is 6.13. The zero-order valence-electron chi connectivity index (χ0n) is 14.4. The Hall–Kier alpha value is -1.72. The summed E-state index contributed by atoms with van der Waals surface area (Å²) in [6, 6.07) is 20.3. The third-order valence-corrected chi connectivity index (χ3v) is 3.70. The van der Waals surface area contributed by atoms with Gasteiger partial charge in [0, 0.05) is 14.2 Å². The standard InChI is InChI=1S/C20H26O4/c1-21-13-15-23-19(17-9-5-3-6-10-17)20(24-16-14-22-2)18-11-7-4-8-12-18/h3-12,19-20H,13-16H2,1-2H3/t19-,20-/m1/s1. The van der Waals surface area contributed by atoms with Crippen LogP contribution in [0.2, 0.25) is 0 Å². The number of hydrogen-bond acceptors (Lipinski definition) is 4. The summed E-state index contributed by atoms with van der Waals surface area (Å²) >= 11 is 0. The quantitative estimate of drug-likeness (QED) is 0.587. The Morgan fingerprint density at radius 1 is 0.583 bits per heavy atom. The lowest BCUT2D eigenvalue weighted by molar-refractivity contribution is -0.0941. The summed E-state index contributed by atoms with van der Waals surface area (Å²) in [7, 11) is 3.34. The fraction of sp³-hybridized carbons (Fsp3) is 0.400. The van der Waals surface area contributed by atoms with Gasteiger partial charge in [-0.3, -0.25) is 0 Å². The summed E-state index contributed by atoms with van der Waals surface area (Å²) in [6.45, 7) is 2.10. The number of hydrogen-bond donors (Lipinski definition) is 0. The first-order chi connectivity index (χ1) is 11.9. The molecule has 0 unspecified atom stereocenters. The zero-order chi connectivity index (χ0) is 17.0. The summed E-state index contributed by atoms with van der Waals surface area (Å²) in [5.41, 5.74) is 2.17. The molecule has 2 rings (SSSR count).